The van der Waals surface area contributed by atoms with Crippen LogP contribution in [-0.2, 0) is 0 Å². The third-order valence-corrected chi connectivity index (χ3v) is 16.7. The zero-order valence-electron chi connectivity index (χ0n) is 19.8. The fourth-order valence-corrected chi connectivity index (χ4v) is 17.2. The average molecular weight is 555 g/mol. The average Bonchev–Trinajstić information content (AvgIpc) is 3.35. The summed E-state index contributed by atoms with van der Waals surface area (Å²) < 4.78 is 29.6. The van der Waals surface area contributed by atoms with Crippen LogP contribution >= 0.6 is 22.1 Å². The first-order valence-electron chi connectivity index (χ1n) is 11.7. The Labute approximate surface area is 219 Å². The molecule has 2 aliphatic heterocycles. The highest BCUT2D eigenvalue weighted by Crippen LogP contribution is 2.78. The van der Waals surface area contributed by atoms with Crippen molar-refractivity contribution in [1.82, 2.24) is 19.9 Å². The van der Waals surface area contributed by atoms with E-state index in [2.05, 4.69) is 15.0 Å². The first kappa shape index (κ1) is 23.2. The van der Waals surface area contributed by atoms with Gasteiger partial charge >= 0.3 is 7.66 Å². The molecule has 9 nitrogen and oxygen atoms in total. The van der Waals surface area contributed by atoms with Crippen LogP contribution < -0.4 is 30.4 Å². The fraction of sp³-hybridized carbons (Fsp3) is 0. The van der Waals surface area contributed by atoms with Gasteiger partial charge < -0.3 is 9.05 Å². The molecule has 0 radical (unpaired) electrons. The SMILES string of the molecule is c1ccc(P2(c3cccnc3)=NP3(=NP(c4cccnc4)(c4cccnc4)=N2)Oc2ccccc2O3)nc1. The summed E-state index contributed by atoms with van der Waals surface area (Å²) in [5.74, 6) is 1.21. The highest BCUT2D eigenvalue weighted by Gasteiger charge is 2.47. The molecule has 0 bridgehead atoms. The molecule has 38 heavy (non-hydrogen) atoms. The van der Waals surface area contributed by atoms with Gasteiger partial charge in [0.05, 0.1) is 0 Å². The molecule has 0 amide bonds. The van der Waals surface area contributed by atoms with Crippen LogP contribution in [0, 0.1) is 0 Å². The van der Waals surface area contributed by atoms with Crippen molar-refractivity contribution in [2.24, 2.45) is 13.5 Å². The normalized spacial score (nSPS) is 20.1. The van der Waals surface area contributed by atoms with Crippen molar-refractivity contribution in [1.29, 1.82) is 0 Å². The minimum atomic E-state index is -3.30. The molecule has 186 valence electrons. The lowest BCUT2D eigenvalue weighted by atomic mass is 10.3. The lowest BCUT2D eigenvalue weighted by molar-refractivity contribution is 0.560. The van der Waals surface area contributed by atoms with Crippen molar-refractivity contribution >= 4 is 43.4 Å². The monoisotopic (exact) mass is 555 g/mol. The van der Waals surface area contributed by atoms with E-state index in [0.29, 0.717) is 11.5 Å². The van der Waals surface area contributed by atoms with Gasteiger partial charge in [-0.15, -0.1) is 0 Å². The molecule has 2 aliphatic rings. The Morgan fingerprint density at radius 1 is 0.474 bits per heavy atom. The fourth-order valence-electron chi connectivity index (χ4n) is 4.35. The lowest BCUT2D eigenvalue weighted by Gasteiger charge is -2.33. The third kappa shape index (κ3) is 3.74. The molecule has 6 heterocycles. The molecule has 1 unspecified atom stereocenters. The Balaban J connectivity index is 1.68. The van der Waals surface area contributed by atoms with Gasteiger partial charge in [-0.05, 0) is 60.7 Å². The summed E-state index contributed by atoms with van der Waals surface area (Å²) in [6.07, 6.45) is 12.4. The van der Waals surface area contributed by atoms with Crippen molar-refractivity contribution in [3.63, 3.8) is 0 Å². The Morgan fingerprint density at radius 3 is 1.53 bits per heavy atom. The minimum Gasteiger partial charge on any atom is -0.410 e. The highest BCUT2D eigenvalue weighted by atomic mass is 31.3. The number of para-hydroxylation sites is 2. The van der Waals surface area contributed by atoms with Gasteiger partial charge in [-0.3, -0.25) is 19.9 Å². The standard InChI is InChI=1S/C26H20N7O2P3/c1-2-12-25-24(11-1)34-38(35-25)32-36(21-8-5-14-27-18-21,22-9-6-15-28-19-22)31-37(33-38,23-10-7-16-29-20-23)26-13-3-4-17-30-26/h1-20H. The van der Waals surface area contributed by atoms with Gasteiger partial charge in [-0.25, -0.2) is 4.52 Å². The summed E-state index contributed by atoms with van der Waals surface area (Å²) in [4.78, 5) is 18.1. The third-order valence-electron chi connectivity index (χ3n) is 6.01. The maximum atomic E-state index is 6.59. The van der Waals surface area contributed by atoms with E-state index in [-0.39, 0.29) is 0 Å². The van der Waals surface area contributed by atoms with E-state index in [9.17, 15) is 0 Å². The van der Waals surface area contributed by atoms with E-state index in [4.69, 9.17) is 27.6 Å². The number of nitrogens with zero attached hydrogens (tertiary/aromatic N) is 7. The minimum absolute atomic E-state index is 0.607. The predicted octanol–water partition coefficient (Wildman–Crippen LogP) is 5.53. The van der Waals surface area contributed by atoms with Gasteiger partial charge in [0.25, 0.3) is 0 Å². The lowest BCUT2D eigenvalue weighted by Crippen LogP contribution is -2.23. The number of hydrogen-bond acceptors (Lipinski definition) is 9. The van der Waals surface area contributed by atoms with Gasteiger partial charge in [0.1, 0.15) is 12.6 Å². The van der Waals surface area contributed by atoms with Crippen LogP contribution in [0.4, 0.5) is 0 Å². The summed E-state index contributed by atoms with van der Waals surface area (Å²) in [5, 5.41) is 2.55. The number of fused-ring (bicyclic) bond motifs is 1. The molecule has 1 spiro atoms. The van der Waals surface area contributed by atoms with E-state index in [1.165, 1.54) is 0 Å². The summed E-state index contributed by atoms with van der Waals surface area (Å²) in [6.45, 7) is 0. The molecular formula is C26H20N7O2P3. The number of hydrogen-bond donors (Lipinski definition) is 0. The second-order valence-electron chi connectivity index (χ2n) is 8.41. The van der Waals surface area contributed by atoms with Crippen LogP contribution in [0.25, 0.3) is 0 Å². The van der Waals surface area contributed by atoms with Crippen molar-refractivity contribution in [3.05, 3.63) is 122 Å². The maximum Gasteiger partial charge on any atom is 0.451 e. The van der Waals surface area contributed by atoms with E-state index >= 15 is 0 Å². The summed E-state index contributed by atoms with van der Waals surface area (Å²) >= 11 is 0. The van der Waals surface area contributed by atoms with Crippen LogP contribution in [-0.4, -0.2) is 19.9 Å². The van der Waals surface area contributed by atoms with Crippen LogP contribution in [0.5, 0.6) is 11.5 Å². The van der Waals surface area contributed by atoms with Crippen LogP contribution in [0.2, 0.25) is 0 Å². The Kier molecular flexibility index (Phi) is 5.59. The van der Waals surface area contributed by atoms with Crippen LogP contribution in [0.1, 0.15) is 0 Å². The smallest absolute Gasteiger partial charge is 0.410 e. The molecule has 5 aromatic rings. The molecule has 0 fully saturated rings. The largest absolute Gasteiger partial charge is 0.451 e. The Morgan fingerprint density at radius 2 is 1.03 bits per heavy atom. The second kappa shape index (κ2) is 9.14. The quantitative estimate of drug-likeness (QED) is 0.270. The highest BCUT2D eigenvalue weighted by molar-refractivity contribution is 7.95. The molecule has 0 N–H and O–H groups in total. The van der Waals surface area contributed by atoms with Crippen molar-refractivity contribution in [3.8, 4) is 11.5 Å². The Hall–Kier alpha value is -3.89. The first-order chi connectivity index (χ1) is 18.7. The number of aromatic nitrogens is 4. The summed E-state index contributed by atoms with van der Waals surface area (Å²) in [5.41, 5.74) is 0.725. The van der Waals surface area contributed by atoms with E-state index in [0.717, 1.165) is 21.3 Å². The summed E-state index contributed by atoms with van der Waals surface area (Å²) in [7, 11) is -9.29. The molecule has 0 saturated carbocycles. The van der Waals surface area contributed by atoms with Crippen LogP contribution in [0.3, 0.4) is 0 Å². The van der Waals surface area contributed by atoms with Gasteiger partial charge in [0.15, 0.2) is 18.7 Å². The zero-order valence-corrected chi connectivity index (χ0v) is 22.5. The van der Waals surface area contributed by atoms with Crippen molar-refractivity contribution in [2.75, 3.05) is 0 Å². The van der Waals surface area contributed by atoms with Crippen LogP contribution in [0.15, 0.2) is 136 Å². The Bertz CT molecular complexity index is 1600. The molecule has 7 rings (SSSR count). The molecule has 12 heteroatoms. The van der Waals surface area contributed by atoms with E-state index in [1.54, 1.807) is 24.8 Å². The number of pyridine rings is 4. The first-order valence-corrected chi connectivity index (χ1v) is 16.7. The molecule has 0 aliphatic carbocycles. The van der Waals surface area contributed by atoms with E-state index in [1.807, 2.05) is 97.5 Å². The number of benzene rings is 1. The molecule has 0 saturated heterocycles. The number of rotatable bonds is 4. The molecule has 1 atom stereocenters. The molecular weight excluding hydrogens is 535 g/mol. The zero-order chi connectivity index (χ0) is 25.5. The maximum absolute atomic E-state index is 6.59. The van der Waals surface area contributed by atoms with Gasteiger partial charge in [0, 0.05) is 59.3 Å². The topological polar surface area (TPSA) is 107 Å². The van der Waals surface area contributed by atoms with E-state index < -0.39 is 22.1 Å². The second-order valence-corrected chi connectivity index (χ2v) is 16.3. The van der Waals surface area contributed by atoms with Crippen molar-refractivity contribution < 1.29 is 9.05 Å². The van der Waals surface area contributed by atoms with Gasteiger partial charge in [-0.2, -0.15) is 9.03 Å². The predicted molar refractivity (Wildman–Crippen MR) is 151 cm³/mol. The molecule has 4 aromatic heterocycles. The summed E-state index contributed by atoms with van der Waals surface area (Å²) in [6, 6.07) is 25.0. The molecule has 1 aromatic carbocycles. The van der Waals surface area contributed by atoms with Crippen molar-refractivity contribution in [2.45, 2.75) is 0 Å². The van der Waals surface area contributed by atoms with Gasteiger partial charge in [-0.1, -0.05) is 18.2 Å². The van der Waals surface area contributed by atoms with Gasteiger partial charge in [0.2, 0.25) is 0 Å².